The average molecular weight is 359 g/mol. The number of H-pyrrole nitrogens is 1. The van der Waals surface area contributed by atoms with Crippen LogP contribution in [0, 0.1) is 6.92 Å². The van der Waals surface area contributed by atoms with E-state index < -0.39 is 0 Å². The number of nitrogens with one attached hydrogen (secondary N) is 2. The van der Waals surface area contributed by atoms with Crippen LogP contribution in [0.4, 0.5) is 10.5 Å². The number of hydrazone groups is 1. The summed E-state index contributed by atoms with van der Waals surface area (Å²) in [5.74, 6) is 0. The highest BCUT2D eigenvalue weighted by Gasteiger charge is 2.23. The molecule has 3 rings (SSSR count). The molecular weight excluding hydrogens is 336 g/mol. The molecule has 1 aromatic carbocycles. The molecule has 6 heteroatoms. The number of aryl methyl sites for hydroxylation is 2. The topological polar surface area (TPSA) is 60.5 Å². The summed E-state index contributed by atoms with van der Waals surface area (Å²) in [6, 6.07) is 6.79. The lowest BCUT2D eigenvalue weighted by Crippen LogP contribution is -2.29. The first-order valence-corrected chi connectivity index (χ1v) is 8.95. The zero-order valence-electron chi connectivity index (χ0n) is 14.8. The van der Waals surface area contributed by atoms with Crippen molar-refractivity contribution in [2.45, 2.75) is 39.5 Å². The number of anilines is 1. The molecule has 0 saturated heterocycles. The van der Waals surface area contributed by atoms with Gasteiger partial charge >= 0.3 is 6.03 Å². The normalized spacial score (nSPS) is 15.1. The third-order valence-corrected chi connectivity index (χ3v) is 4.75. The van der Waals surface area contributed by atoms with Gasteiger partial charge in [-0.05, 0) is 56.4 Å². The Morgan fingerprint density at radius 2 is 2.20 bits per heavy atom. The molecule has 1 aliphatic rings. The molecule has 0 bridgehead atoms. The van der Waals surface area contributed by atoms with Gasteiger partial charge in [0.05, 0.1) is 5.71 Å². The summed E-state index contributed by atoms with van der Waals surface area (Å²) in [6.07, 6.45) is 3.91. The molecule has 25 heavy (non-hydrogen) atoms. The molecule has 0 spiro atoms. The van der Waals surface area contributed by atoms with E-state index in [4.69, 9.17) is 11.6 Å². The lowest BCUT2D eigenvalue weighted by Gasteiger charge is -2.19. The van der Waals surface area contributed by atoms with Gasteiger partial charge in [0, 0.05) is 34.7 Å². The van der Waals surface area contributed by atoms with Gasteiger partial charge in [-0.3, -0.25) is 0 Å². The fourth-order valence-electron chi connectivity index (χ4n) is 3.37. The smallest absolute Gasteiger partial charge is 0.341 e. The van der Waals surface area contributed by atoms with Crippen LogP contribution in [0.3, 0.4) is 0 Å². The van der Waals surface area contributed by atoms with Crippen molar-refractivity contribution in [1.29, 1.82) is 0 Å². The Hall–Kier alpha value is -2.27. The number of amides is 2. The summed E-state index contributed by atoms with van der Waals surface area (Å²) in [7, 11) is 1.67. The van der Waals surface area contributed by atoms with E-state index in [-0.39, 0.29) is 6.03 Å². The van der Waals surface area contributed by atoms with E-state index in [0.29, 0.717) is 10.7 Å². The zero-order valence-corrected chi connectivity index (χ0v) is 15.6. The molecular formula is C19H23ClN4O. The molecule has 2 amide bonds. The maximum absolute atomic E-state index is 12.4. The number of fused-ring (bicyclic) bond motifs is 1. The Bertz CT molecular complexity index is 825. The molecule has 1 heterocycles. The van der Waals surface area contributed by atoms with E-state index in [1.807, 2.05) is 0 Å². The van der Waals surface area contributed by atoms with Gasteiger partial charge in [-0.2, -0.15) is 5.10 Å². The number of hydrogen-bond acceptors (Lipinski definition) is 2. The summed E-state index contributed by atoms with van der Waals surface area (Å²) in [4.78, 5) is 15.9. The number of carbonyl (C=O) groups is 1. The van der Waals surface area contributed by atoms with Crippen LogP contribution < -0.4 is 5.32 Å². The largest absolute Gasteiger partial charge is 0.362 e. The molecule has 0 saturated carbocycles. The summed E-state index contributed by atoms with van der Waals surface area (Å²) >= 11 is 5.96. The fraction of sp³-hybridized carbons (Fsp3) is 0.368. The molecule has 0 radical (unpaired) electrons. The minimum Gasteiger partial charge on any atom is -0.362 e. The van der Waals surface area contributed by atoms with E-state index in [1.54, 1.807) is 31.3 Å². The van der Waals surface area contributed by atoms with Crippen LogP contribution in [-0.4, -0.2) is 28.8 Å². The number of benzene rings is 1. The van der Waals surface area contributed by atoms with Crippen LogP contribution in [0.25, 0.3) is 0 Å². The number of hydrogen-bond donors (Lipinski definition) is 2. The highest BCUT2D eigenvalue weighted by atomic mass is 35.5. The van der Waals surface area contributed by atoms with Crippen LogP contribution in [0.15, 0.2) is 29.4 Å². The number of aromatic amines is 1. The summed E-state index contributed by atoms with van der Waals surface area (Å²) in [5, 5.41) is 9.37. The maximum atomic E-state index is 12.4. The highest BCUT2D eigenvalue weighted by molar-refractivity contribution is 6.30. The number of rotatable bonds is 3. The first-order valence-electron chi connectivity index (χ1n) is 8.58. The summed E-state index contributed by atoms with van der Waals surface area (Å²) < 4.78 is 0. The van der Waals surface area contributed by atoms with Crippen molar-refractivity contribution >= 4 is 29.0 Å². The molecule has 132 valence electrons. The quantitative estimate of drug-likeness (QED) is 0.764. The second kappa shape index (κ2) is 7.31. The fourth-order valence-corrected chi connectivity index (χ4v) is 3.56. The van der Waals surface area contributed by atoms with Crippen LogP contribution in [-0.2, 0) is 12.8 Å². The van der Waals surface area contributed by atoms with Crippen molar-refractivity contribution in [1.82, 2.24) is 9.99 Å². The van der Waals surface area contributed by atoms with Crippen molar-refractivity contribution in [2.75, 3.05) is 12.4 Å². The summed E-state index contributed by atoms with van der Waals surface area (Å²) in [6.45, 7) is 4.25. The monoisotopic (exact) mass is 358 g/mol. The van der Waals surface area contributed by atoms with Gasteiger partial charge < -0.3 is 10.3 Å². The Labute approximate surface area is 153 Å². The van der Waals surface area contributed by atoms with Crippen molar-refractivity contribution in [3.8, 4) is 0 Å². The molecule has 5 nitrogen and oxygen atoms in total. The van der Waals surface area contributed by atoms with E-state index >= 15 is 0 Å². The standard InChI is InChI=1S/C19H23ClN4O/c1-4-15-12(2)21-16-9-6-10-17(18(15)16)23-24(3)19(25)22-14-8-5-7-13(20)11-14/h5,7-8,11,21H,4,6,9-10H2,1-3H3,(H,22,25)/b23-17+. The molecule has 1 aliphatic carbocycles. The zero-order chi connectivity index (χ0) is 18.0. The third-order valence-electron chi connectivity index (χ3n) is 4.52. The highest BCUT2D eigenvalue weighted by Crippen LogP contribution is 2.28. The van der Waals surface area contributed by atoms with Crippen molar-refractivity contribution in [3.63, 3.8) is 0 Å². The Balaban J connectivity index is 1.82. The molecule has 0 atom stereocenters. The lowest BCUT2D eigenvalue weighted by molar-refractivity contribution is 0.224. The van der Waals surface area contributed by atoms with Crippen LogP contribution in [0.5, 0.6) is 0 Å². The Kier molecular flexibility index (Phi) is 5.13. The van der Waals surface area contributed by atoms with E-state index in [0.717, 1.165) is 31.4 Å². The molecule has 0 fully saturated rings. The lowest BCUT2D eigenvalue weighted by atomic mass is 9.91. The van der Waals surface area contributed by atoms with E-state index in [1.165, 1.54) is 27.5 Å². The first kappa shape index (κ1) is 17.5. The van der Waals surface area contributed by atoms with Gasteiger partial charge in [0.25, 0.3) is 0 Å². The van der Waals surface area contributed by atoms with Gasteiger partial charge in [0.15, 0.2) is 0 Å². The number of aromatic nitrogens is 1. The third kappa shape index (κ3) is 3.71. The van der Waals surface area contributed by atoms with Gasteiger partial charge in [0.2, 0.25) is 0 Å². The first-order chi connectivity index (χ1) is 12.0. The van der Waals surface area contributed by atoms with Gasteiger partial charge in [0.1, 0.15) is 0 Å². The molecule has 0 aliphatic heterocycles. The average Bonchev–Trinajstić information content (AvgIpc) is 2.90. The van der Waals surface area contributed by atoms with Crippen LogP contribution in [0.1, 0.15) is 42.3 Å². The second-order valence-electron chi connectivity index (χ2n) is 6.30. The molecule has 1 aromatic heterocycles. The number of nitrogens with zero attached hydrogens (tertiary/aromatic N) is 2. The predicted octanol–water partition coefficient (Wildman–Crippen LogP) is 4.74. The molecule has 2 N–H and O–H groups in total. The molecule has 0 unspecified atom stereocenters. The number of carbonyl (C=O) groups excluding carboxylic acids is 1. The van der Waals surface area contributed by atoms with E-state index in [9.17, 15) is 4.79 Å². The van der Waals surface area contributed by atoms with Gasteiger partial charge in [-0.25, -0.2) is 9.80 Å². The van der Waals surface area contributed by atoms with Crippen molar-refractivity contribution in [2.24, 2.45) is 5.10 Å². The minimum atomic E-state index is -0.285. The van der Waals surface area contributed by atoms with Gasteiger partial charge in [-0.1, -0.05) is 24.6 Å². The number of halogens is 1. The molecule has 2 aromatic rings. The van der Waals surface area contributed by atoms with Gasteiger partial charge in [-0.15, -0.1) is 0 Å². The van der Waals surface area contributed by atoms with Crippen LogP contribution in [0.2, 0.25) is 5.02 Å². The SMILES string of the molecule is CCc1c(C)[nH]c2c1/C(=N/N(C)C(=O)Nc1cccc(Cl)c1)CCC2. The Morgan fingerprint density at radius 1 is 1.40 bits per heavy atom. The van der Waals surface area contributed by atoms with E-state index in [2.05, 4.69) is 29.2 Å². The second-order valence-corrected chi connectivity index (χ2v) is 6.74. The summed E-state index contributed by atoms with van der Waals surface area (Å²) in [5.41, 5.74) is 6.58. The van der Waals surface area contributed by atoms with Crippen molar-refractivity contribution in [3.05, 3.63) is 51.8 Å². The maximum Gasteiger partial charge on any atom is 0.341 e. The van der Waals surface area contributed by atoms with Crippen molar-refractivity contribution < 1.29 is 4.79 Å². The van der Waals surface area contributed by atoms with Crippen LogP contribution >= 0.6 is 11.6 Å². The Morgan fingerprint density at radius 3 is 2.92 bits per heavy atom. The number of urea groups is 1. The minimum absolute atomic E-state index is 0.285. The predicted molar refractivity (Wildman–Crippen MR) is 103 cm³/mol.